The van der Waals surface area contributed by atoms with E-state index in [4.69, 9.17) is 9.47 Å². The van der Waals surface area contributed by atoms with Crippen molar-refractivity contribution in [3.63, 3.8) is 0 Å². The van der Waals surface area contributed by atoms with E-state index in [1.807, 2.05) is 13.0 Å². The molecule has 1 aromatic rings. The van der Waals surface area contributed by atoms with Crippen molar-refractivity contribution in [1.29, 1.82) is 0 Å². The fourth-order valence-electron chi connectivity index (χ4n) is 4.55. The quantitative estimate of drug-likeness (QED) is 0.701. The lowest BCUT2D eigenvalue weighted by molar-refractivity contribution is -0.116. The van der Waals surface area contributed by atoms with Crippen molar-refractivity contribution in [3.8, 4) is 5.75 Å². The minimum atomic E-state index is 0.0749. The number of rotatable bonds is 6. The van der Waals surface area contributed by atoms with Crippen LogP contribution in [0.4, 0.5) is 0 Å². The van der Waals surface area contributed by atoms with E-state index < -0.39 is 0 Å². The lowest BCUT2D eigenvalue weighted by Gasteiger charge is -2.38. The van der Waals surface area contributed by atoms with E-state index in [0.29, 0.717) is 12.2 Å². The third-order valence-electron chi connectivity index (χ3n) is 5.84. The van der Waals surface area contributed by atoms with Crippen LogP contribution in [0.3, 0.4) is 0 Å². The number of ketones is 1. The molecule has 0 N–H and O–H groups in total. The minimum absolute atomic E-state index is 0.0749. The van der Waals surface area contributed by atoms with Crippen LogP contribution in [-0.4, -0.2) is 19.7 Å². The predicted octanol–water partition coefficient (Wildman–Crippen LogP) is 4.85. The molecule has 2 aliphatic carbocycles. The van der Waals surface area contributed by atoms with Gasteiger partial charge in [-0.1, -0.05) is 25.8 Å². The van der Waals surface area contributed by atoms with Gasteiger partial charge in [0.05, 0.1) is 0 Å². The Morgan fingerprint density at radius 3 is 2.75 bits per heavy atom. The molecule has 0 fully saturated rings. The number of hydrogen-bond acceptors (Lipinski definition) is 3. The first-order valence-corrected chi connectivity index (χ1v) is 9.03. The number of ether oxygens (including phenoxy) is 2. The number of carbonyl (C=O) groups is 1. The highest BCUT2D eigenvalue weighted by molar-refractivity contribution is 6.09. The zero-order chi connectivity index (χ0) is 17.3. The van der Waals surface area contributed by atoms with Crippen LogP contribution in [0, 0.1) is 12.3 Å². The van der Waals surface area contributed by atoms with Crippen LogP contribution in [0.15, 0.2) is 17.7 Å². The normalized spacial score (nSPS) is 22.6. The van der Waals surface area contributed by atoms with E-state index >= 15 is 0 Å². The molecular weight excluding hydrogens is 300 g/mol. The molecule has 0 spiro atoms. The molecule has 0 radical (unpaired) electrons. The largest absolute Gasteiger partial charge is 0.467 e. The maximum Gasteiger partial charge on any atom is 0.188 e. The Morgan fingerprint density at radius 2 is 2.04 bits per heavy atom. The Hall–Kier alpha value is -1.61. The van der Waals surface area contributed by atoms with E-state index in [0.717, 1.165) is 30.6 Å². The van der Waals surface area contributed by atoms with Gasteiger partial charge in [0, 0.05) is 18.9 Å². The number of carbonyl (C=O) groups excluding carboxylic acids is 1. The van der Waals surface area contributed by atoms with E-state index in [1.54, 1.807) is 7.11 Å². The first-order valence-electron chi connectivity index (χ1n) is 9.03. The summed E-state index contributed by atoms with van der Waals surface area (Å²) in [7, 11) is 1.63. The lowest BCUT2D eigenvalue weighted by atomic mass is 9.65. The molecule has 3 nitrogen and oxygen atoms in total. The van der Waals surface area contributed by atoms with Crippen molar-refractivity contribution < 1.29 is 14.3 Å². The second-order valence-electron chi connectivity index (χ2n) is 7.25. The van der Waals surface area contributed by atoms with Gasteiger partial charge in [-0.05, 0) is 67.0 Å². The number of hydrogen-bond donors (Lipinski definition) is 0. The van der Waals surface area contributed by atoms with E-state index in [9.17, 15) is 4.79 Å². The highest BCUT2D eigenvalue weighted by atomic mass is 16.7. The predicted molar refractivity (Wildman–Crippen MR) is 96.2 cm³/mol. The molecule has 0 aliphatic heterocycles. The van der Waals surface area contributed by atoms with E-state index in [1.165, 1.54) is 35.1 Å². The number of unbranched alkanes of at least 4 members (excludes halogenated alkanes) is 1. The number of fused-ring (bicyclic) bond motifs is 3. The van der Waals surface area contributed by atoms with Crippen LogP contribution in [0.5, 0.6) is 5.75 Å². The zero-order valence-corrected chi connectivity index (χ0v) is 15.3. The van der Waals surface area contributed by atoms with Crippen LogP contribution in [0.2, 0.25) is 0 Å². The standard InChI is InChI=1S/C21H28O3/c1-5-6-10-21-11-9-16-14(2)19(24-13-23-4)8-7-17(16)20(21)15(3)18(22)12-21/h7-8H,5-6,9-13H2,1-4H3. The molecule has 1 aromatic carbocycles. The molecule has 24 heavy (non-hydrogen) atoms. The number of Topliss-reactive ketones (excluding diaryl/α,β-unsaturated/α-hetero) is 1. The summed E-state index contributed by atoms with van der Waals surface area (Å²) in [5, 5.41) is 0. The molecular formula is C21H28O3. The maximum atomic E-state index is 12.5. The van der Waals surface area contributed by atoms with Gasteiger partial charge >= 0.3 is 0 Å². The van der Waals surface area contributed by atoms with E-state index in [-0.39, 0.29) is 12.2 Å². The van der Waals surface area contributed by atoms with Gasteiger partial charge in [0.2, 0.25) is 0 Å². The minimum Gasteiger partial charge on any atom is -0.467 e. The number of allylic oxidation sites excluding steroid dienone is 2. The molecule has 0 saturated carbocycles. The fraction of sp³-hybridized carbons (Fsp3) is 0.571. The van der Waals surface area contributed by atoms with Gasteiger partial charge < -0.3 is 9.47 Å². The summed E-state index contributed by atoms with van der Waals surface area (Å²) in [5.41, 5.74) is 6.20. The highest BCUT2D eigenvalue weighted by Gasteiger charge is 2.46. The SMILES string of the molecule is CCCCC12CCc3c(ccc(OCOC)c3C)C1=C(C)C(=O)C2. The Morgan fingerprint density at radius 1 is 1.25 bits per heavy atom. The summed E-state index contributed by atoms with van der Waals surface area (Å²) in [6.07, 6.45) is 6.30. The van der Waals surface area contributed by atoms with Gasteiger partial charge in [-0.3, -0.25) is 4.79 Å². The molecule has 2 aliphatic rings. The monoisotopic (exact) mass is 328 g/mol. The first kappa shape index (κ1) is 17.2. The van der Waals surface area contributed by atoms with Gasteiger partial charge in [-0.25, -0.2) is 0 Å². The molecule has 0 heterocycles. The third kappa shape index (κ3) is 2.69. The smallest absolute Gasteiger partial charge is 0.188 e. The lowest BCUT2D eigenvalue weighted by Crippen LogP contribution is -2.26. The number of benzene rings is 1. The molecule has 0 aromatic heterocycles. The Balaban J connectivity index is 2.06. The zero-order valence-electron chi connectivity index (χ0n) is 15.3. The third-order valence-corrected chi connectivity index (χ3v) is 5.84. The molecule has 3 rings (SSSR count). The second-order valence-corrected chi connectivity index (χ2v) is 7.25. The van der Waals surface area contributed by atoms with Crippen molar-refractivity contribution in [2.24, 2.45) is 5.41 Å². The molecule has 1 atom stereocenters. The summed E-state index contributed by atoms with van der Waals surface area (Å²) < 4.78 is 10.7. The van der Waals surface area contributed by atoms with Crippen LogP contribution in [-0.2, 0) is 16.0 Å². The second kappa shape index (κ2) is 6.72. The van der Waals surface area contributed by atoms with Crippen molar-refractivity contribution in [3.05, 3.63) is 34.4 Å². The van der Waals surface area contributed by atoms with Gasteiger partial charge in [-0.15, -0.1) is 0 Å². The molecule has 3 heteroatoms. The van der Waals surface area contributed by atoms with Crippen LogP contribution >= 0.6 is 0 Å². The average molecular weight is 328 g/mol. The fourth-order valence-corrected chi connectivity index (χ4v) is 4.55. The van der Waals surface area contributed by atoms with Gasteiger partial charge in [0.15, 0.2) is 12.6 Å². The van der Waals surface area contributed by atoms with Crippen LogP contribution in [0.1, 0.15) is 62.6 Å². The molecule has 0 amide bonds. The van der Waals surface area contributed by atoms with Crippen molar-refractivity contribution in [2.45, 2.75) is 59.3 Å². The number of methoxy groups -OCH3 is 1. The summed E-state index contributed by atoms with van der Waals surface area (Å²) in [6.45, 7) is 6.63. The maximum absolute atomic E-state index is 12.5. The Kier molecular flexibility index (Phi) is 4.82. The van der Waals surface area contributed by atoms with E-state index in [2.05, 4.69) is 19.9 Å². The molecule has 130 valence electrons. The topological polar surface area (TPSA) is 35.5 Å². The molecule has 0 bridgehead atoms. The Labute approximate surface area is 145 Å². The summed E-state index contributed by atoms with van der Waals surface area (Å²) in [5.74, 6) is 1.23. The summed E-state index contributed by atoms with van der Waals surface area (Å²) in [6, 6.07) is 4.19. The van der Waals surface area contributed by atoms with Crippen molar-refractivity contribution in [1.82, 2.24) is 0 Å². The van der Waals surface area contributed by atoms with Crippen molar-refractivity contribution >= 4 is 11.4 Å². The summed E-state index contributed by atoms with van der Waals surface area (Å²) >= 11 is 0. The highest BCUT2D eigenvalue weighted by Crippen LogP contribution is 2.57. The van der Waals surface area contributed by atoms with Crippen molar-refractivity contribution in [2.75, 3.05) is 13.9 Å². The molecule has 0 saturated heterocycles. The Bertz CT molecular complexity index is 687. The van der Waals surface area contributed by atoms with Crippen LogP contribution < -0.4 is 4.74 Å². The summed E-state index contributed by atoms with van der Waals surface area (Å²) in [4.78, 5) is 12.5. The first-order chi connectivity index (χ1) is 11.5. The van der Waals surface area contributed by atoms with Gasteiger partial charge in [0.1, 0.15) is 5.75 Å². The average Bonchev–Trinajstić information content (AvgIpc) is 2.84. The molecule has 1 unspecified atom stereocenters. The van der Waals surface area contributed by atoms with Crippen LogP contribution in [0.25, 0.3) is 5.57 Å². The van der Waals surface area contributed by atoms with Gasteiger partial charge in [-0.2, -0.15) is 0 Å². The van der Waals surface area contributed by atoms with Gasteiger partial charge in [0.25, 0.3) is 0 Å².